The standard InChI is InChI=1S/C15H17N3O2/c1-10(2)11-6-3-4-8-13(11)17-14-9-5-7-12(16)15(14)18(19)20/h3-10,17H,16H2,1-2H3. The molecule has 0 spiro atoms. The molecule has 0 fully saturated rings. The van der Waals surface area contributed by atoms with Gasteiger partial charge >= 0.3 is 5.69 Å². The highest BCUT2D eigenvalue weighted by Gasteiger charge is 2.18. The minimum absolute atomic E-state index is 0.0916. The lowest BCUT2D eigenvalue weighted by atomic mass is 10.0. The van der Waals surface area contributed by atoms with E-state index in [0.29, 0.717) is 11.6 Å². The Labute approximate surface area is 117 Å². The van der Waals surface area contributed by atoms with Gasteiger partial charge in [-0.25, -0.2) is 0 Å². The molecule has 0 atom stereocenters. The zero-order valence-electron chi connectivity index (χ0n) is 11.5. The molecule has 5 nitrogen and oxygen atoms in total. The fourth-order valence-corrected chi connectivity index (χ4v) is 2.13. The maximum atomic E-state index is 11.1. The maximum Gasteiger partial charge on any atom is 0.315 e. The minimum atomic E-state index is -0.463. The van der Waals surface area contributed by atoms with Crippen LogP contribution in [0, 0.1) is 10.1 Å². The van der Waals surface area contributed by atoms with Crippen molar-refractivity contribution in [2.75, 3.05) is 11.1 Å². The van der Waals surface area contributed by atoms with Crippen molar-refractivity contribution in [2.24, 2.45) is 0 Å². The van der Waals surface area contributed by atoms with E-state index >= 15 is 0 Å². The molecule has 0 unspecified atom stereocenters. The molecule has 0 aromatic heterocycles. The summed E-state index contributed by atoms with van der Waals surface area (Å²) >= 11 is 0. The number of hydrogen-bond donors (Lipinski definition) is 2. The quantitative estimate of drug-likeness (QED) is 0.499. The predicted octanol–water partition coefficient (Wildman–Crippen LogP) is 4.04. The number of benzene rings is 2. The second kappa shape index (κ2) is 5.61. The number of anilines is 3. The molecule has 0 aliphatic rings. The highest BCUT2D eigenvalue weighted by Crippen LogP contribution is 2.34. The number of hydrogen-bond acceptors (Lipinski definition) is 4. The molecule has 5 heteroatoms. The van der Waals surface area contributed by atoms with Crippen LogP contribution in [0.15, 0.2) is 42.5 Å². The van der Waals surface area contributed by atoms with Crippen molar-refractivity contribution < 1.29 is 4.92 Å². The van der Waals surface area contributed by atoms with E-state index < -0.39 is 4.92 Å². The molecule has 104 valence electrons. The van der Waals surface area contributed by atoms with Crippen molar-refractivity contribution in [3.8, 4) is 0 Å². The zero-order valence-corrected chi connectivity index (χ0v) is 11.5. The summed E-state index contributed by atoms with van der Waals surface area (Å²) in [5.41, 5.74) is 8.12. The van der Waals surface area contributed by atoms with Gasteiger partial charge in [-0.05, 0) is 29.7 Å². The molecule has 2 aromatic rings. The van der Waals surface area contributed by atoms with Gasteiger partial charge in [-0.3, -0.25) is 10.1 Å². The molecular weight excluding hydrogens is 254 g/mol. The Balaban J connectivity index is 2.46. The van der Waals surface area contributed by atoms with E-state index in [2.05, 4.69) is 19.2 Å². The lowest BCUT2D eigenvalue weighted by Crippen LogP contribution is -2.03. The smallest absolute Gasteiger partial charge is 0.315 e. The van der Waals surface area contributed by atoms with Crippen LogP contribution in [0.3, 0.4) is 0 Å². The number of nitro groups is 1. The van der Waals surface area contributed by atoms with Crippen LogP contribution in [-0.4, -0.2) is 4.92 Å². The van der Waals surface area contributed by atoms with Crippen LogP contribution in [0.5, 0.6) is 0 Å². The fraction of sp³-hybridized carbons (Fsp3) is 0.200. The summed E-state index contributed by atoms with van der Waals surface area (Å²) in [4.78, 5) is 10.7. The summed E-state index contributed by atoms with van der Waals surface area (Å²) in [5.74, 6) is 0.318. The molecule has 20 heavy (non-hydrogen) atoms. The van der Waals surface area contributed by atoms with Crippen LogP contribution in [-0.2, 0) is 0 Å². The van der Waals surface area contributed by atoms with Crippen LogP contribution in [0.2, 0.25) is 0 Å². The highest BCUT2D eigenvalue weighted by molar-refractivity contribution is 5.79. The summed E-state index contributed by atoms with van der Waals surface area (Å²) in [7, 11) is 0. The van der Waals surface area contributed by atoms with Crippen molar-refractivity contribution in [3.63, 3.8) is 0 Å². The van der Waals surface area contributed by atoms with E-state index in [-0.39, 0.29) is 11.4 Å². The molecule has 0 bridgehead atoms. The first-order valence-electron chi connectivity index (χ1n) is 6.39. The minimum Gasteiger partial charge on any atom is -0.393 e. The molecule has 0 radical (unpaired) electrons. The highest BCUT2D eigenvalue weighted by atomic mass is 16.6. The Bertz CT molecular complexity index is 639. The van der Waals surface area contributed by atoms with Crippen molar-refractivity contribution in [1.82, 2.24) is 0 Å². The molecule has 2 rings (SSSR count). The Morgan fingerprint density at radius 1 is 1.10 bits per heavy atom. The Kier molecular flexibility index (Phi) is 3.89. The van der Waals surface area contributed by atoms with Gasteiger partial charge in [-0.1, -0.05) is 38.1 Å². The van der Waals surface area contributed by atoms with E-state index in [4.69, 9.17) is 5.73 Å². The largest absolute Gasteiger partial charge is 0.393 e. The third-order valence-electron chi connectivity index (χ3n) is 3.10. The molecule has 0 aliphatic carbocycles. The van der Waals surface area contributed by atoms with E-state index in [1.807, 2.05) is 24.3 Å². The lowest BCUT2D eigenvalue weighted by Gasteiger charge is -2.15. The number of nitrogens with zero attached hydrogens (tertiary/aromatic N) is 1. The first kappa shape index (κ1) is 13.9. The summed E-state index contributed by atoms with van der Waals surface area (Å²) in [6, 6.07) is 12.6. The van der Waals surface area contributed by atoms with Gasteiger partial charge in [0.05, 0.1) is 4.92 Å². The lowest BCUT2D eigenvalue weighted by molar-refractivity contribution is -0.383. The van der Waals surface area contributed by atoms with Gasteiger partial charge in [0.2, 0.25) is 0 Å². The Morgan fingerprint density at radius 3 is 2.40 bits per heavy atom. The molecule has 0 saturated heterocycles. The van der Waals surface area contributed by atoms with Gasteiger partial charge in [-0.2, -0.15) is 0 Å². The second-order valence-corrected chi connectivity index (χ2v) is 4.87. The van der Waals surface area contributed by atoms with Crippen molar-refractivity contribution in [3.05, 3.63) is 58.1 Å². The molecular formula is C15H17N3O2. The van der Waals surface area contributed by atoms with E-state index in [0.717, 1.165) is 11.3 Å². The van der Waals surface area contributed by atoms with Gasteiger partial charge in [0, 0.05) is 5.69 Å². The van der Waals surface area contributed by atoms with Crippen LogP contribution in [0.1, 0.15) is 25.3 Å². The van der Waals surface area contributed by atoms with Crippen LogP contribution < -0.4 is 11.1 Å². The number of nitrogen functional groups attached to an aromatic ring is 1. The van der Waals surface area contributed by atoms with Gasteiger partial charge in [-0.15, -0.1) is 0 Å². The molecule has 0 heterocycles. The second-order valence-electron chi connectivity index (χ2n) is 4.87. The summed E-state index contributed by atoms with van der Waals surface area (Å²) < 4.78 is 0. The molecule has 0 aliphatic heterocycles. The van der Waals surface area contributed by atoms with E-state index in [1.54, 1.807) is 12.1 Å². The third kappa shape index (κ3) is 2.71. The predicted molar refractivity (Wildman–Crippen MR) is 81.3 cm³/mol. The maximum absolute atomic E-state index is 11.1. The number of nitrogens with two attached hydrogens (primary N) is 1. The number of nitrogens with one attached hydrogen (secondary N) is 1. The summed E-state index contributed by atoms with van der Waals surface area (Å²) in [6.07, 6.45) is 0. The van der Waals surface area contributed by atoms with Gasteiger partial charge < -0.3 is 11.1 Å². The fourth-order valence-electron chi connectivity index (χ4n) is 2.13. The van der Waals surface area contributed by atoms with E-state index in [1.165, 1.54) is 6.07 Å². The first-order valence-corrected chi connectivity index (χ1v) is 6.39. The van der Waals surface area contributed by atoms with Gasteiger partial charge in [0.1, 0.15) is 11.4 Å². The van der Waals surface area contributed by atoms with E-state index in [9.17, 15) is 10.1 Å². The zero-order chi connectivity index (χ0) is 14.7. The van der Waals surface area contributed by atoms with Gasteiger partial charge in [0.25, 0.3) is 0 Å². The van der Waals surface area contributed by atoms with Gasteiger partial charge in [0.15, 0.2) is 0 Å². The van der Waals surface area contributed by atoms with Crippen LogP contribution in [0.25, 0.3) is 0 Å². The molecule has 0 amide bonds. The Hall–Kier alpha value is -2.56. The van der Waals surface area contributed by atoms with Crippen LogP contribution in [0.4, 0.5) is 22.7 Å². The number of rotatable bonds is 4. The molecule has 3 N–H and O–H groups in total. The van der Waals surface area contributed by atoms with Crippen LogP contribution >= 0.6 is 0 Å². The molecule has 2 aromatic carbocycles. The third-order valence-corrected chi connectivity index (χ3v) is 3.10. The number of nitro benzene ring substituents is 1. The summed E-state index contributed by atoms with van der Waals surface area (Å²) in [5, 5.41) is 14.3. The van der Waals surface area contributed by atoms with Crippen molar-refractivity contribution in [2.45, 2.75) is 19.8 Å². The average Bonchev–Trinajstić information content (AvgIpc) is 2.38. The SMILES string of the molecule is CC(C)c1ccccc1Nc1cccc(N)c1[N+](=O)[O-]. The van der Waals surface area contributed by atoms with Crippen molar-refractivity contribution >= 4 is 22.7 Å². The Morgan fingerprint density at radius 2 is 1.75 bits per heavy atom. The van der Waals surface area contributed by atoms with Crippen molar-refractivity contribution in [1.29, 1.82) is 0 Å². The topological polar surface area (TPSA) is 81.2 Å². The monoisotopic (exact) mass is 271 g/mol. The summed E-state index contributed by atoms with van der Waals surface area (Å²) in [6.45, 7) is 4.16. The first-order chi connectivity index (χ1) is 9.50. The normalized spacial score (nSPS) is 10.6. The number of para-hydroxylation sites is 2. The molecule has 0 saturated carbocycles. The average molecular weight is 271 g/mol.